The van der Waals surface area contributed by atoms with Gasteiger partial charge in [-0.05, 0) is 66.9 Å². The number of fused-ring (bicyclic) bond motifs is 1. The maximum atomic E-state index is 14.2. The van der Waals surface area contributed by atoms with E-state index in [1.807, 2.05) is 6.92 Å². The molecule has 1 atom stereocenters. The minimum absolute atomic E-state index is 0.0449. The van der Waals surface area contributed by atoms with Crippen LogP contribution in [0.25, 0.3) is 0 Å². The highest BCUT2D eigenvalue weighted by Crippen LogP contribution is 2.34. The summed E-state index contributed by atoms with van der Waals surface area (Å²) in [5, 5.41) is 3.47. The van der Waals surface area contributed by atoms with Gasteiger partial charge in [-0.3, -0.25) is 13.9 Å². The highest BCUT2D eigenvalue weighted by molar-refractivity contribution is 7.92. The minimum Gasteiger partial charge on any atom is -0.486 e. The molecule has 13 heteroatoms. The molecule has 9 nitrogen and oxygen atoms in total. The van der Waals surface area contributed by atoms with Gasteiger partial charge < -0.3 is 19.7 Å². The number of rotatable bonds is 13. The van der Waals surface area contributed by atoms with Crippen molar-refractivity contribution in [1.29, 1.82) is 0 Å². The van der Waals surface area contributed by atoms with E-state index in [2.05, 4.69) is 5.32 Å². The zero-order valence-electron chi connectivity index (χ0n) is 24.4. The van der Waals surface area contributed by atoms with Gasteiger partial charge in [0.2, 0.25) is 11.8 Å². The predicted octanol–water partition coefficient (Wildman–Crippen LogP) is 5.82. The molecule has 0 bridgehead atoms. The number of unbranched alkanes of at least 4 members (excludes halogenated alkanes) is 1. The van der Waals surface area contributed by atoms with Gasteiger partial charge in [0, 0.05) is 19.2 Å². The monoisotopic (exact) mass is 665 g/mol. The van der Waals surface area contributed by atoms with Gasteiger partial charge in [0.05, 0.1) is 20.6 Å². The molecule has 0 saturated carbocycles. The van der Waals surface area contributed by atoms with Crippen LogP contribution in [0.4, 0.5) is 10.1 Å². The number of sulfonamides is 1. The molecule has 236 valence electrons. The maximum absolute atomic E-state index is 14.2. The number of hydrogen-bond donors (Lipinski definition) is 1. The minimum atomic E-state index is -4.40. The highest BCUT2D eigenvalue weighted by Gasteiger charge is 2.34. The SMILES string of the molecule is CCCCNC(=O)[C@@H](CC)N(Cc1ccc(Cl)c(Cl)c1)C(=O)CN(c1ccc(F)cc1)S(=O)(=O)c1ccc2c(c1)OCCO2. The van der Waals surface area contributed by atoms with Crippen molar-refractivity contribution in [2.45, 2.75) is 50.6 Å². The van der Waals surface area contributed by atoms with Crippen LogP contribution < -0.4 is 19.1 Å². The van der Waals surface area contributed by atoms with E-state index in [4.69, 9.17) is 32.7 Å². The molecule has 44 heavy (non-hydrogen) atoms. The molecule has 2 amide bonds. The van der Waals surface area contributed by atoms with Crippen LogP contribution in [0.3, 0.4) is 0 Å². The largest absolute Gasteiger partial charge is 0.486 e. The first-order valence-corrected chi connectivity index (χ1v) is 16.4. The van der Waals surface area contributed by atoms with Crippen LogP contribution in [0.1, 0.15) is 38.7 Å². The van der Waals surface area contributed by atoms with Crippen LogP contribution in [-0.4, -0.2) is 57.5 Å². The van der Waals surface area contributed by atoms with E-state index in [1.54, 1.807) is 25.1 Å². The second-order valence-corrected chi connectivity index (χ2v) is 12.8. The zero-order chi connectivity index (χ0) is 31.9. The Balaban J connectivity index is 1.73. The molecular formula is C31H34Cl2FN3O6S. The molecule has 1 N–H and O–H groups in total. The van der Waals surface area contributed by atoms with E-state index in [0.29, 0.717) is 29.5 Å². The van der Waals surface area contributed by atoms with Crippen molar-refractivity contribution in [3.8, 4) is 11.5 Å². The van der Waals surface area contributed by atoms with Crippen LogP contribution in [0.2, 0.25) is 10.0 Å². The van der Waals surface area contributed by atoms with Crippen molar-refractivity contribution in [2.24, 2.45) is 0 Å². The summed E-state index contributed by atoms with van der Waals surface area (Å²) >= 11 is 12.3. The molecular weight excluding hydrogens is 632 g/mol. The fraction of sp³-hybridized carbons (Fsp3) is 0.355. The molecule has 0 spiro atoms. The van der Waals surface area contributed by atoms with Crippen molar-refractivity contribution in [3.05, 3.63) is 82.1 Å². The Morgan fingerprint density at radius 2 is 1.66 bits per heavy atom. The molecule has 1 heterocycles. The fourth-order valence-corrected chi connectivity index (χ4v) is 6.46. The molecule has 3 aromatic carbocycles. The third-order valence-corrected chi connectivity index (χ3v) is 9.56. The fourth-order valence-electron chi connectivity index (χ4n) is 4.71. The predicted molar refractivity (Wildman–Crippen MR) is 167 cm³/mol. The molecule has 4 rings (SSSR count). The quantitative estimate of drug-likeness (QED) is 0.231. The lowest BCUT2D eigenvalue weighted by Crippen LogP contribution is -2.52. The Hall–Kier alpha value is -3.54. The first kappa shape index (κ1) is 33.4. The molecule has 0 aromatic heterocycles. The van der Waals surface area contributed by atoms with E-state index in [-0.39, 0.29) is 46.8 Å². The summed E-state index contributed by atoms with van der Waals surface area (Å²) in [6, 6.07) is 12.9. The molecule has 0 fully saturated rings. The van der Waals surface area contributed by atoms with Crippen LogP contribution >= 0.6 is 23.2 Å². The van der Waals surface area contributed by atoms with Crippen LogP contribution in [0, 0.1) is 5.82 Å². The Kier molecular flexibility index (Phi) is 11.3. The Bertz CT molecular complexity index is 1590. The molecule has 0 saturated heterocycles. The highest BCUT2D eigenvalue weighted by atomic mass is 35.5. The number of hydrogen-bond acceptors (Lipinski definition) is 6. The average Bonchev–Trinajstić information content (AvgIpc) is 3.01. The third kappa shape index (κ3) is 7.94. The molecule has 3 aromatic rings. The van der Waals surface area contributed by atoms with Crippen LogP contribution in [0.15, 0.2) is 65.6 Å². The van der Waals surface area contributed by atoms with Crippen LogP contribution in [0.5, 0.6) is 11.5 Å². The lowest BCUT2D eigenvalue weighted by atomic mass is 10.1. The summed E-state index contributed by atoms with van der Waals surface area (Å²) < 4.78 is 54.1. The van der Waals surface area contributed by atoms with E-state index in [0.717, 1.165) is 29.3 Å². The number of carbonyl (C=O) groups excluding carboxylic acids is 2. The van der Waals surface area contributed by atoms with Crippen molar-refractivity contribution in [3.63, 3.8) is 0 Å². The lowest BCUT2D eigenvalue weighted by molar-refractivity contribution is -0.140. The number of benzene rings is 3. The first-order chi connectivity index (χ1) is 21.0. The van der Waals surface area contributed by atoms with E-state index < -0.39 is 34.3 Å². The number of amides is 2. The smallest absolute Gasteiger partial charge is 0.264 e. The maximum Gasteiger partial charge on any atom is 0.264 e. The van der Waals surface area contributed by atoms with Crippen molar-refractivity contribution in [2.75, 3.05) is 30.6 Å². The van der Waals surface area contributed by atoms with Gasteiger partial charge in [-0.2, -0.15) is 0 Å². The van der Waals surface area contributed by atoms with Gasteiger partial charge in [-0.15, -0.1) is 0 Å². The van der Waals surface area contributed by atoms with Crippen molar-refractivity contribution in [1.82, 2.24) is 10.2 Å². The Morgan fingerprint density at radius 1 is 0.955 bits per heavy atom. The van der Waals surface area contributed by atoms with E-state index in [1.165, 1.54) is 35.2 Å². The van der Waals surface area contributed by atoms with E-state index in [9.17, 15) is 22.4 Å². The second kappa shape index (κ2) is 15.0. The average molecular weight is 667 g/mol. The van der Waals surface area contributed by atoms with Gasteiger partial charge in [-0.1, -0.05) is 49.5 Å². The molecule has 1 aliphatic rings. The Morgan fingerprint density at radius 3 is 2.32 bits per heavy atom. The third-order valence-electron chi connectivity index (χ3n) is 7.05. The summed E-state index contributed by atoms with van der Waals surface area (Å²) in [7, 11) is -4.40. The topological polar surface area (TPSA) is 105 Å². The zero-order valence-corrected chi connectivity index (χ0v) is 26.7. The second-order valence-electron chi connectivity index (χ2n) is 10.1. The molecule has 0 unspecified atom stereocenters. The van der Waals surface area contributed by atoms with Crippen molar-refractivity contribution >= 4 is 50.7 Å². The Labute approximate surface area is 266 Å². The summed E-state index contributed by atoms with van der Waals surface area (Å²) in [6.45, 7) is 4.05. The number of anilines is 1. The van der Waals surface area contributed by atoms with Gasteiger partial charge in [-0.25, -0.2) is 12.8 Å². The molecule has 0 aliphatic carbocycles. The first-order valence-electron chi connectivity index (χ1n) is 14.2. The summed E-state index contributed by atoms with van der Waals surface area (Å²) in [4.78, 5) is 28.6. The molecule has 0 radical (unpaired) electrons. The summed E-state index contributed by atoms with van der Waals surface area (Å²) in [6.07, 6.45) is 1.89. The number of ether oxygens (including phenoxy) is 2. The number of nitrogens with zero attached hydrogens (tertiary/aromatic N) is 2. The van der Waals surface area contributed by atoms with Gasteiger partial charge in [0.15, 0.2) is 11.5 Å². The molecule has 1 aliphatic heterocycles. The summed E-state index contributed by atoms with van der Waals surface area (Å²) in [5.74, 6) is -0.949. The lowest BCUT2D eigenvalue weighted by Gasteiger charge is -2.33. The summed E-state index contributed by atoms with van der Waals surface area (Å²) in [5.41, 5.74) is 0.653. The van der Waals surface area contributed by atoms with Gasteiger partial charge in [0.1, 0.15) is 31.6 Å². The van der Waals surface area contributed by atoms with Gasteiger partial charge >= 0.3 is 0 Å². The number of carbonyl (C=O) groups is 2. The van der Waals surface area contributed by atoms with Crippen LogP contribution in [-0.2, 0) is 26.2 Å². The van der Waals surface area contributed by atoms with Gasteiger partial charge in [0.25, 0.3) is 10.0 Å². The standard InChI is InChI=1S/C31H34Cl2FN3O6S/c1-3-5-14-35-31(39)27(4-2)36(19-21-6-12-25(32)26(33)17-21)30(38)20-37(23-9-7-22(34)8-10-23)44(40,41)24-11-13-28-29(18-24)43-16-15-42-28/h6-13,17-18,27H,3-5,14-16,19-20H2,1-2H3,(H,35,39)/t27-/m1/s1. The number of nitrogens with one attached hydrogen (secondary N) is 1. The normalized spacial score (nSPS) is 13.2. The van der Waals surface area contributed by atoms with Crippen molar-refractivity contribution < 1.29 is 31.9 Å². The number of halogens is 3. The van der Waals surface area contributed by atoms with E-state index >= 15 is 0 Å².